The zero-order valence-corrected chi connectivity index (χ0v) is 19.6. The lowest BCUT2D eigenvalue weighted by molar-refractivity contribution is -0.109. The molecular weight excluding hydrogens is 372 g/mol. The summed E-state index contributed by atoms with van der Waals surface area (Å²) in [7, 11) is 0. The summed E-state index contributed by atoms with van der Waals surface area (Å²) in [6.45, 7) is 10.2. The Labute approximate surface area is 182 Å². The Morgan fingerprint density at radius 1 is 1.07 bits per heavy atom. The summed E-state index contributed by atoms with van der Waals surface area (Å²) in [4.78, 5) is 0. The quantitative estimate of drug-likeness (QED) is 0.751. The number of hydrogen-bond donors (Lipinski definition) is 1. The first-order valence-electron chi connectivity index (χ1n) is 12.8. The fraction of sp³-hybridized carbons (Fsp3) is 0.960. The van der Waals surface area contributed by atoms with Crippen LogP contribution in [0.3, 0.4) is 0 Å². The highest BCUT2D eigenvalue weighted by Gasteiger charge is 2.58. The molecule has 4 aliphatic carbocycles. The fourth-order valence-corrected chi connectivity index (χ4v) is 9.08. The Morgan fingerprint density at radius 2 is 1.87 bits per heavy atom. The van der Waals surface area contributed by atoms with E-state index in [1.54, 1.807) is 0 Å². The van der Waals surface area contributed by atoms with E-state index in [0.717, 1.165) is 67.1 Å². The van der Waals surface area contributed by atoms with Crippen molar-refractivity contribution in [1.29, 1.82) is 0 Å². The number of rotatable bonds is 4. The van der Waals surface area contributed by atoms with Crippen LogP contribution < -0.4 is 0 Å². The van der Waals surface area contributed by atoms with Gasteiger partial charge in [-0.2, -0.15) is 0 Å². The molecule has 0 amide bonds. The molecule has 30 heavy (non-hydrogen) atoms. The molecule has 0 saturated heterocycles. The number of aryl methyl sites for hydroxylation is 1. The van der Waals surface area contributed by atoms with Crippen molar-refractivity contribution < 1.29 is 5.11 Å². The highest BCUT2D eigenvalue weighted by molar-refractivity contribution is 5.07. The number of nitrogens with zero attached hydrogens (tertiary/aromatic N) is 4. The van der Waals surface area contributed by atoms with Crippen LogP contribution >= 0.6 is 0 Å². The third-order valence-electron chi connectivity index (χ3n) is 10.7. The molecule has 1 aromatic heterocycles. The van der Waals surface area contributed by atoms with Crippen molar-refractivity contribution in [3.63, 3.8) is 0 Å². The van der Waals surface area contributed by atoms with E-state index in [4.69, 9.17) is 0 Å². The van der Waals surface area contributed by atoms with Gasteiger partial charge in [-0.3, -0.25) is 0 Å². The molecule has 0 spiro atoms. The minimum atomic E-state index is -0.362. The molecule has 1 aromatic rings. The normalized spacial score (nSPS) is 46.7. The summed E-state index contributed by atoms with van der Waals surface area (Å²) in [5.41, 5.74) is 0.133. The molecule has 0 aromatic carbocycles. The molecule has 0 radical (unpaired) electrons. The van der Waals surface area contributed by atoms with Crippen molar-refractivity contribution >= 4 is 0 Å². The largest absolute Gasteiger partial charge is 0.390 e. The Hall–Kier alpha value is -0.970. The van der Waals surface area contributed by atoms with Gasteiger partial charge >= 0.3 is 0 Å². The lowest BCUT2D eigenvalue weighted by Crippen LogP contribution is -2.51. The Bertz CT molecular complexity index is 764. The standard InChI is InChI=1S/C25H42N4O/c1-5-25(30)13-11-19-18(14-25)6-7-21-20(19)10-12-24(4)22(8-9-23(21)24)16(2)15-29-17(3)26-27-28-29/h16,18-23,30H,5-15H2,1-4H3/t16-,18-,19-,20+,21+,22+,23-,24+,25+/m0/s1. The van der Waals surface area contributed by atoms with Crippen molar-refractivity contribution in [2.45, 2.75) is 104 Å². The molecule has 1 heterocycles. The van der Waals surface area contributed by atoms with E-state index < -0.39 is 0 Å². The summed E-state index contributed by atoms with van der Waals surface area (Å²) in [5, 5.41) is 23.1. The van der Waals surface area contributed by atoms with Crippen LogP contribution in [0.1, 0.15) is 90.8 Å². The number of aromatic nitrogens is 4. The zero-order valence-electron chi connectivity index (χ0n) is 19.6. The summed E-state index contributed by atoms with van der Waals surface area (Å²) in [6.07, 6.45) is 12.8. The van der Waals surface area contributed by atoms with Gasteiger partial charge in [-0.25, -0.2) is 4.68 Å². The van der Waals surface area contributed by atoms with Crippen LogP contribution in [0.2, 0.25) is 0 Å². The molecule has 5 heteroatoms. The van der Waals surface area contributed by atoms with E-state index in [2.05, 4.69) is 36.3 Å². The maximum atomic E-state index is 10.9. The molecule has 4 saturated carbocycles. The lowest BCUT2D eigenvalue weighted by Gasteiger charge is -2.57. The van der Waals surface area contributed by atoms with E-state index in [1.807, 2.05) is 11.6 Å². The van der Waals surface area contributed by atoms with E-state index in [9.17, 15) is 5.11 Å². The highest BCUT2D eigenvalue weighted by Crippen LogP contribution is 2.65. The van der Waals surface area contributed by atoms with Crippen molar-refractivity contribution in [2.24, 2.45) is 46.8 Å². The van der Waals surface area contributed by atoms with E-state index in [-0.39, 0.29) is 5.60 Å². The van der Waals surface area contributed by atoms with Gasteiger partial charge in [0.15, 0.2) is 0 Å². The van der Waals surface area contributed by atoms with Gasteiger partial charge in [-0.15, -0.1) is 5.10 Å². The van der Waals surface area contributed by atoms with Gasteiger partial charge in [0, 0.05) is 6.54 Å². The van der Waals surface area contributed by atoms with Gasteiger partial charge in [-0.05, 0) is 128 Å². The minimum absolute atomic E-state index is 0.362. The SMILES string of the molecule is CC[C@@]1(O)CC[C@H]2[C@@H](CC[C@@H]3[C@@H]2CC[C@]2(C)[C@@H]([C@@H](C)Cn4nnnc4C)CC[C@@H]32)C1. The molecule has 5 nitrogen and oxygen atoms in total. The maximum absolute atomic E-state index is 10.9. The second-order valence-corrected chi connectivity index (χ2v) is 11.9. The smallest absolute Gasteiger partial charge is 0.148 e. The van der Waals surface area contributed by atoms with Crippen LogP contribution in [0.15, 0.2) is 0 Å². The molecule has 0 unspecified atom stereocenters. The van der Waals surface area contributed by atoms with Crippen molar-refractivity contribution in [3.05, 3.63) is 5.82 Å². The maximum Gasteiger partial charge on any atom is 0.148 e. The second-order valence-electron chi connectivity index (χ2n) is 11.9. The molecule has 5 rings (SSSR count). The van der Waals surface area contributed by atoms with E-state index in [1.165, 1.54) is 44.9 Å². The average molecular weight is 415 g/mol. The number of fused-ring (bicyclic) bond motifs is 5. The first-order chi connectivity index (χ1) is 14.3. The molecule has 4 aliphatic rings. The van der Waals surface area contributed by atoms with Crippen molar-refractivity contribution in [3.8, 4) is 0 Å². The van der Waals surface area contributed by atoms with Crippen molar-refractivity contribution in [1.82, 2.24) is 20.2 Å². The Kier molecular flexibility index (Phi) is 5.27. The monoisotopic (exact) mass is 414 g/mol. The lowest BCUT2D eigenvalue weighted by atomic mass is 9.48. The zero-order chi connectivity index (χ0) is 21.1. The predicted molar refractivity (Wildman–Crippen MR) is 118 cm³/mol. The first kappa shape index (κ1) is 20.9. The Morgan fingerprint density at radius 3 is 2.60 bits per heavy atom. The third-order valence-corrected chi connectivity index (χ3v) is 10.7. The predicted octanol–water partition coefficient (Wildman–Crippen LogP) is 5.03. The van der Waals surface area contributed by atoms with Gasteiger partial charge in [-0.1, -0.05) is 20.8 Å². The van der Waals surface area contributed by atoms with E-state index in [0.29, 0.717) is 11.3 Å². The van der Waals surface area contributed by atoms with Gasteiger partial charge in [0.1, 0.15) is 5.82 Å². The second kappa shape index (κ2) is 7.56. The van der Waals surface area contributed by atoms with E-state index >= 15 is 0 Å². The summed E-state index contributed by atoms with van der Waals surface area (Å²) in [6, 6.07) is 0. The number of hydrogen-bond acceptors (Lipinski definition) is 4. The molecule has 9 atom stereocenters. The van der Waals surface area contributed by atoms with Crippen LogP contribution in [0.25, 0.3) is 0 Å². The summed E-state index contributed by atoms with van der Waals surface area (Å²) < 4.78 is 2.01. The summed E-state index contributed by atoms with van der Waals surface area (Å²) >= 11 is 0. The molecule has 168 valence electrons. The topological polar surface area (TPSA) is 63.8 Å². The van der Waals surface area contributed by atoms with Crippen LogP contribution in [0.5, 0.6) is 0 Å². The van der Waals surface area contributed by atoms with Crippen LogP contribution in [0, 0.1) is 53.8 Å². The highest BCUT2D eigenvalue weighted by atomic mass is 16.3. The third kappa shape index (κ3) is 3.25. The van der Waals surface area contributed by atoms with Gasteiger partial charge in [0.05, 0.1) is 5.60 Å². The van der Waals surface area contributed by atoms with Gasteiger partial charge in [0.2, 0.25) is 0 Å². The fourth-order valence-electron chi connectivity index (χ4n) is 9.08. The average Bonchev–Trinajstić information content (AvgIpc) is 3.30. The van der Waals surface area contributed by atoms with Gasteiger partial charge < -0.3 is 5.11 Å². The van der Waals surface area contributed by atoms with Crippen molar-refractivity contribution in [2.75, 3.05) is 0 Å². The molecule has 0 bridgehead atoms. The molecule has 1 N–H and O–H groups in total. The molecular formula is C25H42N4O. The van der Waals surface area contributed by atoms with Crippen LogP contribution in [0.4, 0.5) is 0 Å². The number of aliphatic hydroxyl groups is 1. The molecule has 0 aliphatic heterocycles. The minimum Gasteiger partial charge on any atom is -0.390 e. The first-order valence-corrected chi connectivity index (χ1v) is 12.8. The van der Waals surface area contributed by atoms with Crippen LogP contribution in [-0.4, -0.2) is 30.9 Å². The number of tetrazole rings is 1. The van der Waals surface area contributed by atoms with Gasteiger partial charge in [0.25, 0.3) is 0 Å². The molecule has 4 fully saturated rings. The van der Waals surface area contributed by atoms with Crippen LogP contribution in [-0.2, 0) is 6.54 Å². The summed E-state index contributed by atoms with van der Waals surface area (Å²) in [5.74, 6) is 6.81. The Balaban J connectivity index is 1.30.